The molecule has 2 aromatic rings. The number of aromatic nitrogens is 1. The molecular weight excluding hydrogens is 224 g/mol. The maximum absolute atomic E-state index is 12.1. The topological polar surface area (TPSA) is 45.8 Å². The summed E-state index contributed by atoms with van der Waals surface area (Å²) in [5.41, 5.74) is 0.0795. The highest BCUT2D eigenvalue weighted by molar-refractivity contribution is 5.81. The summed E-state index contributed by atoms with van der Waals surface area (Å²) in [4.78, 5) is 12.1. The number of nitrogens with zero attached hydrogens (tertiary/aromatic N) is 2. The van der Waals surface area contributed by atoms with Crippen LogP contribution >= 0.6 is 0 Å². The summed E-state index contributed by atoms with van der Waals surface area (Å²) in [6, 6.07) is 15.3. The third-order valence-corrected chi connectivity index (χ3v) is 3.05. The number of hydrogen-bond acceptors (Lipinski definition) is 2. The van der Waals surface area contributed by atoms with Gasteiger partial charge in [-0.2, -0.15) is 5.26 Å². The van der Waals surface area contributed by atoms with Gasteiger partial charge in [0.25, 0.3) is 0 Å². The van der Waals surface area contributed by atoms with Crippen molar-refractivity contribution in [2.45, 2.75) is 18.8 Å². The second kappa shape index (κ2) is 4.89. The zero-order chi connectivity index (χ0) is 13.0. The normalized spacial score (nSPS) is 13.6. The first-order valence-electron chi connectivity index (χ1n) is 5.79. The van der Waals surface area contributed by atoms with Gasteiger partial charge in [-0.05, 0) is 24.6 Å². The third kappa shape index (κ3) is 2.33. The van der Waals surface area contributed by atoms with Crippen LogP contribution < -0.4 is 0 Å². The highest BCUT2D eigenvalue weighted by Crippen LogP contribution is 2.27. The van der Waals surface area contributed by atoms with Gasteiger partial charge in [0.2, 0.25) is 5.91 Å². The predicted octanol–water partition coefficient (Wildman–Crippen LogP) is 3.00. The number of carbonyl (C=O) groups is 1. The molecule has 0 aliphatic carbocycles. The van der Waals surface area contributed by atoms with Crippen LogP contribution in [-0.4, -0.2) is 10.5 Å². The average Bonchev–Trinajstić information content (AvgIpc) is 2.93. The van der Waals surface area contributed by atoms with Crippen LogP contribution in [0, 0.1) is 11.3 Å². The van der Waals surface area contributed by atoms with Crippen LogP contribution in [0.15, 0.2) is 54.9 Å². The Bertz CT molecular complexity index is 566. The lowest BCUT2D eigenvalue weighted by molar-refractivity contribution is 0.0884. The Morgan fingerprint density at radius 3 is 2.39 bits per heavy atom. The Kier molecular flexibility index (Phi) is 3.29. The SMILES string of the molecule is CC(C#N)(CC(=O)n1cccc1)c1ccccc1. The molecule has 90 valence electrons. The molecule has 3 nitrogen and oxygen atoms in total. The van der Waals surface area contributed by atoms with Crippen LogP contribution in [0.2, 0.25) is 0 Å². The summed E-state index contributed by atoms with van der Waals surface area (Å²) in [5.74, 6) is -0.0760. The van der Waals surface area contributed by atoms with E-state index in [-0.39, 0.29) is 12.3 Å². The maximum Gasteiger partial charge on any atom is 0.232 e. The van der Waals surface area contributed by atoms with Crippen molar-refractivity contribution in [3.05, 3.63) is 60.4 Å². The fraction of sp³-hybridized carbons (Fsp3) is 0.200. The molecule has 1 unspecified atom stereocenters. The zero-order valence-corrected chi connectivity index (χ0v) is 10.2. The molecule has 0 saturated heterocycles. The van der Waals surface area contributed by atoms with Gasteiger partial charge < -0.3 is 0 Å². The molecular formula is C15H14N2O. The minimum atomic E-state index is -0.789. The summed E-state index contributed by atoms with van der Waals surface area (Å²) in [6.07, 6.45) is 3.57. The molecule has 0 N–H and O–H groups in total. The van der Waals surface area contributed by atoms with Crippen molar-refractivity contribution in [2.75, 3.05) is 0 Å². The highest BCUT2D eigenvalue weighted by atomic mass is 16.2. The molecule has 0 amide bonds. The molecule has 0 aliphatic heterocycles. The van der Waals surface area contributed by atoms with Gasteiger partial charge in [0.15, 0.2) is 0 Å². The lowest BCUT2D eigenvalue weighted by Crippen LogP contribution is -2.26. The molecule has 1 heterocycles. The van der Waals surface area contributed by atoms with Crippen molar-refractivity contribution in [3.8, 4) is 6.07 Å². The second-order valence-corrected chi connectivity index (χ2v) is 4.47. The van der Waals surface area contributed by atoms with E-state index in [1.807, 2.05) is 30.3 Å². The quantitative estimate of drug-likeness (QED) is 0.825. The van der Waals surface area contributed by atoms with E-state index < -0.39 is 5.41 Å². The largest absolute Gasteiger partial charge is 0.295 e. The molecule has 0 bridgehead atoms. The van der Waals surface area contributed by atoms with Gasteiger partial charge in [0.1, 0.15) is 0 Å². The molecule has 0 saturated carbocycles. The van der Waals surface area contributed by atoms with E-state index >= 15 is 0 Å². The highest BCUT2D eigenvalue weighted by Gasteiger charge is 2.29. The standard InChI is InChI=1S/C15H14N2O/c1-15(12-16,13-7-3-2-4-8-13)11-14(18)17-9-5-6-10-17/h2-10H,11H2,1H3. The lowest BCUT2D eigenvalue weighted by atomic mass is 9.81. The van der Waals surface area contributed by atoms with Gasteiger partial charge in [-0.25, -0.2) is 0 Å². The zero-order valence-electron chi connectivity index (χ0n) is 10.2. The number of nitriles is 1. The average molecular weight is 238 g/mol. The summed E-state index contributed by atoms with van der Waals surface area (Å²) >= 11 is 0. The molecule has 0 fully saturated rings. The molecule has 1 atom stereocenters. The Balaban J connectivity index is 2.25. The van der Waals surface area contributed by atoms with Crippen molar-refractivity contribution in [1.82, 2.24) is 4.57 Å². The first-order chi connectivity index (χ1) is 8.65. The van der Waals surface area contributed by atoms with Crippen molar-refractivity contribution >= 4 is 5.91 Å². The smallest absolute Gasteiger partial charge is 0.232 e. The summed E-state index contributed by atoms with van der Waals surface area (Å²) < 4.78 is 1.51. The number of benzene rings is 1. The van der Waals surface area contributed by atoms with Crippen LogP contribution in [0.4, 0.5) is 0 Å². The minimum Gasteiger partial charge on any atom is -0.295 e. The van der Waals surface area contributed by atoms with E-state index in [2.05, 4.69) is 6.07 Å². The van der Waals surface area contributed by atoms with Crippen LogP contribution in [0.25, 0.3) is 0 Å². The second-order valence-electron chi connectivity index (χ2n) is 4.47. The molecule has 18 heavy (non-hydrogen) atoms. The van der Waals surface area contributed by atoms with Crippen LogP contribution in [0.5, 0.6) is 0 Å². The van der Waals surface area contributed by atoms with Gasteiger partial charge in [0.05, 0.1) is 11.5 Å². The summed E-state index contributed by atoms with van der Waals surface area (Å²) in [6.45, 7) is 1.80. The van der Waals surface area contributed by atoms with Crippen LogP contribution in [0.3, 0.4) is 0 Å². The van der Waals surface area contributed by atoms with E-state index in [1.54, 1.807) is 31.5 Å². The van der Waals surface area contributed by atoms with Gasteiger partial charge >= 0.3 is 0 Å². The monoisotopic (exact) mass is 238 g/mol. The van der Waals surface area contributed by atoms with Crippen molar-refractivity contribution < 1.29 is 4.79 Å². The molecule has 0 radical (unpaired) electrons. The van der Waals surface area contributed by atoms with E-state index in [0.29, 0.717) is 0 Å². The van der Waals surface area contributed by atoms with E-state index in [1.165, 1.54) is 4.57 Å². The Labute approximate surface area is 106 Å². The van der Waals surface area contributed by atoms with Crippen LogP contribution in [-0.2, 0) is 5.41 Å². The van der Waals surface area contributed by atoms with E-state index in [9.17, 15) is 10.1 Å². The molecule has 2 rings (SSSR count). The molecule has 1 aromatic carbocycles. The van der Waals surface area contributed by atoms with Gasteiger partial charge in [-0.1, -0.05) is 30.3 Å². The third-order valence-electron chi connectivity index (χ3n) is 3.05. The number of hydrogen-bond donors (Lipinski definition) is 0. The van der Waals surface area contributed by atoms with Crippen LogP contribution in [0.1, 0.15) is 23.7 Å². The molecule has 3 heteroatoms. The minimum absolute atomic E-state index is 0.0760. The number of carbonyl (C=O) groups excluding carboxylic acids is 1. The maximum atomic E-state index is 12.1. The first-order valence-corrected chi connectivity index (χ1v) is 5.79. The number of rotatable bonds is 3. The Morgan fingerprint density at radius 2 is 1.83 bits per heavy atom. The van der Waals surface area contributed by atoms with Crippen molar-refractivity contribution in [3.63, 3.8) is 0 Å². The summed E-state index contributed by atoms with van der Waals surface area (Å²) in [7, 11) is 0. The van der Waals surface area contributed by atoms with E-state index in [4.69, 9.17) is 0 Å². The fourth-order valence-corrected chi connectivity index (χ4v) is 1.91. The lowest BCUT2D eigenvalue weighted by Gasteiger charge is -2.21. The van der Waals surface area contributed by atoms with Gasteiger partial charge in [0, 0.05) is 18.8 Å². The summed E-state index contributed by atoms with van der Waals surface area (Å²) in [5, 5.41) is 9.37. The molecule has 1 aromatic heterocycles. The van der Waals surface area contributed by atoms with E-state index in [0.717, 1.165) is 5.56 Å². The Hall–Kier alpha value is -2.34. The first kappa shape index (κ1) is 12.1. The predicted molar refractivity (Wildman–Crippen MR) is 69.1 cm³/mol. The van der Waals surface area contributed by atoms with Gasteiger partial charge in [-0.15, -0.1) is 0 Å². The van der Waals surface area contributed by atoms with Gasteiger partial charge in [-0.3, -0.25) is 9.36 Å². The molecule has 0 spiro atoms. The fourth-order valence-electron chi connectivity index (χ4n) is 1.91. The van der Waals surface area contributed by atoms with Crippen molar-refractivity contribution in [1.29, 1.82) is 5.26 Å². The van der Waals surface area contributed by atoms with Crippen molar-refractivity contribution in [2.24, 2.45) is 0 Å². The Morgan fingerprint density at radius 1 is 1.22 bits per heavy atom. The molecule has 0 aliphatic rings.